The molecular weight excluding hydrogens is 370 g/mol. The Morgan fingerprint density at radius 2 is 2.07 bits per heavy atom. The van der Waals surface area contributed by atoms with Crippen molar-refractivity contribution in [3.05, 3.63) is 53.8 Å². The molecule has 0 bridgehead atoms. The SMILES string of the molecule is CC(=O)N1CC(n2cc(-c3ccc4ncsc4c3)c(-c3cccc(C)n3)n2)C1. The Labute approximate surface area is 166 Å². The van der Waals surface area contributed by atoms with Crippen molar-refractivity contribution >= 4 is 27.5 Å². The molecule has 0 unspecified atom stereocenters. The zero-order valence-corrected chi connectivity index (χ0v) is 16.5. The third kappa shape index (κ3) is 2.88. The van der Waals surface area contributed by atoms with E-state index >= 15 is 0 Å². The average Bonchev–Trinajstić information content (AvgIpc) is 3.26. The van der Waals surface area contributed by atoms with Gasteiger partial charge in [-0.05, 0) is 36.8 Å². The number of thiazole rings is 1. The summed E-state index contributed by atoms with van der Waals surface area (Å²) in [7, 11) is 0. The second-order valence-electron chi connectivity index (χ2n) is 7.15. The van der Waals surface area contributed by atoms with E-state index in [2.05, 4.69) is 23.3 Å². The minimum Gasteiger partial charge on any atom is -0.339 e. The number of fused-ring (bicyclic) bond motifs is 1. The molecule has 1 fully saturated rings. The Morgan fingerprint density at radius 1 is 1.21 bits per heavy atom. The second kappa shape index (κ2) is 6.53. The van der Waals surface area contributed by atoms with Crippen molar-refractivity contribution in [1.29, 1.82) is 0 Å². The molecule has 0 aliphatic carbocycles. The van der Waals surface area contributed by atoms with Crippen molar-refractivity contribution in [2.24, 2.45) is 0 Å². The van der Waals surface area contributed by atoms with E-state index in [0.717, 1.165) is 38.4 Å². The molecule has 3 aromatic heterocycles. The van der Waals surface area contributed by atoms with E-state index in [0.29, 0.717) is 13.1 Å². The first-order valence-corrected chi connectivity index (χ1v) is 10.1. The Bertz CT molecular complexity index is 1190. The maximum Gasteiger partial charge on any atom is 0.219 e. The summed E-state index contributed by atoms with van der Waals surface area (Å²) in [5.74, 6) is 0.111. The summed E-state index contributed by atoms with van der Waals surface area (Å²) in [6, 6.07) is 12.5. The zero-order valence-electron chi connectivity index (χ0n) is 15.7. The lowest BCUT2D eigenvalue weighted by atomic mass is 10.0. The predicted octanol–water partition coefficient (Wildman–Crippen LogP) is 3.93. The van der Waals surface area contributed by atoms with Crippen molar-refractivity contribution in [2.75, 3.05) is 13.1 Å². The van der Waals surface area contributed by atoms with E-state index in [1.807, 2.05) is 46.3 Å². The third-order valence-corrected chi connectivity index (χ3v) is 5.98. The highest BCUT2D eigenvalue weighted by Crippen LogP contribution is 2.34. The van der Waals surface area contributed by atoms with Crippen LogP contribution >= 0.6 is 11.3 Å². The number of hydrogen-bond donors (Lipinski definition) is 0. The Balaban J connectivity index is 1.60. The largest absolute Gasteiger partial charge is 0.339 e. The normalized spacial score (nSPS) is 14.4. The zero-order chi connectivity index (χ0) is 19.3. The van der Waals surface area contributed by atoms with Crippen LogP contribution in [0, 0.1) is 6.92 Å². The molecule has 0 atom stereocenters. The van der Waals surface area contributed by atoms with Crippen LogP contribution in [-0.4, -0.2) is 43.6 Å². The van der Waals surface area contributed by atoms with Crippen molar-refractivity contribution in [2.45, 2.75) is 19.9 Å². The van der Waals surface area contributed by atoms with Crippen molar-refractivity contribution in [3.63, 3.8) is 0 Å². The van der Waals surface area contributed by atoms with Gasteiger partial charge in [-0.3, -0.25) is 14.5 Å². The minimum atomic E-state index is 0.111. The number of aromatic nitrogens is 4. The van der Waals surface area contributed by atoms with Crippen LogP contribution in [0.4, 0.5) is 0 Å². The van der Waals surface area contributed by atoms with Gasteiger partial charge in [0.15, 0.2) is 0 Å². The quantitative estimate of drug-likeness (QED) is 0.532. The van der Waals surface area contributed by atoms with Crippen LogP contribution in [0.5, 0.6) is 0 Å². The highest BCUT2D eigenvalue weighted by molar-refractivity contribution is 7.16. The monoisotopic (exact) mass is 389 g/mol. The topological polar surface area (TPSA) is 63.9 Å². The number of hydrogen-bond acceptors (Lipinski definition) is 5. The summed E-state index contributed by atoms with van der Waals surface area (Å²) in [5.41, 5.74) is 7.72. The van der Waals surface area contributed by atoms with Crippen LogP contribution in [0.2, 0.25) is 0 Å². The van der Waals surface area contributed by atoms with Gasteiger partial charge in [0.25, 0.3) is 0 Å². The number of likely N-dealkylation sites (tertiary alicyclic amines) is 1. The predicted molar refractivity (Wildman–Crippen MR) is 110 cm³/mol. The van der Waals surface area contributed by atoms with Gasteiger partial charge in [-0.2, -0.15) is 5.10 Å². The Kier molecular flexibility index (Phi) is 3.98. The van der Waals surface area contributed by atoms with Gasteiger partial charge in [0.1, 0.15) is 5.69 Å². The smallest absolute Gasteiger partial charge is 0.219 e. The van der Waals surface area contributed by atoms with Gasteiger partial charge in [0.2, 0.25) is 5.91 Å². The first-order chi connectivity index (χ1) is 13.6. The highest BCUT2D eigenvalue weighted by Gasteiger charge is 2.31. The van der Waals surface area contributed by atoms with Gasteiger partial charge < -0.3 is 4.90 Å². The second-order valence-corrected chi connectivity index (χ2v) is 8.03. The molecule has 1 aromatic carbocycles. The molecule has 4 heterocycles. The summed E-state index contributed by atoms with van der Waals surface area (Å²) >= 11 is 1.63. The maximum absolute atomic E-state index is 11.5. The summed E-state index contributed by atoms with van der Waals surface area (Å²) in [6.07, 6.45) is 2.09. The molecule has 0 N–H and O–H groups in total. The van der Waals surface area contributed by atoms with E-state index in [-0.39, 0.29) is 11.9 Å². The molecule has 1 aliphatic heterocycles. The third-order valence-electron chi connectivity index (χ3n) is 5.19. The summed E-state index contributed by atoms with van der Waals surface area (Å²) in [4.78, 5) is 22.4. The molecule has 1 amide bonds. The minimum absolute atomic E-state index is 0.111. The number of pyridine rings is 1. The first kappa shape index (κ1) is 17.1. The van der Waals surface area contributed by atoms with Crippen molar-refractivity contribution in [1.82, 2.24) is 24.6 Å². The van der Waals surface area contributed by atoms with Gasteiger partial charge in [-0.1, -0.05) is 12.1 Å². The Morgan fingerprint density at radius 3 is 2.86 bits per heavy atom. The fraction of sp³-hybridized carbons (Fsp3) is 0.238. The summed E-state index contributed by atoms with van der Waals surface area (Å²) in [6.45, 7) is 4.99. The molecule has 28 heavy (non-hydrogen) atoms. The number of nitrogens with zero attached hydrogens (tertiary/aromatic N) is 5. The van der Waals surface area contributed by atoms with E-state index in [4.69, 9.17) is 10.1 Å². The molecule has 0 radical (unpaired) electrons. The van der Waals surface area contributed by atoms with E-state index in [9.17, 15) is 4.79 Å². The number of aryl methyl sites for hydroxylation is 1. The molecule has 7 heteroatoms. The van der Waals surface area contributed by atoms with Gasteiger partial charge in [-0.15, -0.1) is 11.3 Å². The number of rotatable bonds is 3. The van der Waals surface area contributed by atoms with Crippen LogP contribution < -0.4 is 0 Å². The molecular formula is C21H19N5OS. The van der Waals surface area contributed by atoms with Crippen LogP contribution in [0.1, 0.15) is 18.7 Å². The lowest BCUT2D eigenvalue weighted by Gasteiger charge is -2.38. The number of benzene rings is 1. The van der Waals surface area contributed by atoms with Crippen LogP contribution in [0.3, 0.4) is 0 Å². The maximum atomic E-state index is 11.5. The molecule has 6 nitrogen and oxygen atoms in total. The first-order valence-electron chi connectivity index (χ1n) is 9.21. The highest BCUT2D eigenvalue weighted by atomic mass is 32.1. The summed E-state index contributed by atoms with van der Waals surface area (Å²) in [5, 5.41) is 4.89. The van der Waals surface area contributed by atoms with Crippen molar-refractivity contribution < 1.29 is 4.79 Å². The van der Waals surface area contributed by atoms with Crippen LogP contribution in [-0.2, 0) is 4.79 Å². The van der Waals surface area contributed by atoms with Crippen LogP contribution in [0.25, 0.3) is 32.7 Å². The van der Waals surface area contributed by atoms with Gasteiger partial charge in [0, 0.05) is 37.5 Å². The lowest BCUT2D eigenvalue weighted by molar-refractivity contribution is -0.134. The van der Waals surface area contributed by atoms with Gasteiger partial charge >= 0.3 is 0 Å². The average molecular weight is 389 g/mol. The molecule has 140 valence electrons. The van der Waals surface area contributed by atoms with E-state index in [1.54, 1.807) is 18.3 Å². The van der Waals surface area contributed by atoms with E-state index < -0.39 is 0 Å². The van der Waals surface area contributed by atoms with E-state index in [1.165, 1.54) is 0 Å². The fourth-order valence-corrected chi connectivity index (χ4v) is 4.27. The van der Waals surface area contributed by atoms with Gasteiger partial charge in [-0.25, -0.2) is 4.98 Å². The molecule has 0 spiro atoms. The number of carbonyl (C=O) groups excluding carboxylic acids is 1. The molecule has 1 aliphatic rings. The van der Waals surface area contributed by atoms with Gasteiger partial charge in [0.05, 0.1) is 27.5 Å². The Hall–Kier alpha value is -3.06. The molecule has 4 aromatic rings. The van der Waals surface area contributed by atoms with Crippen LogP contribution in [0.15, 0.2) is 48.1 Å². The molecule has 1 saturated heterocycles. The lowest BCUT2D eigenvalue weighted by Crippen LogP contribution is -2.50. The molecule has 0 saturated carbocycles. The van der Waals surface area contributed by atoms with Crippen molar-refractivity contribution in [3.8, 4) is 22.5 Å². The fourth-order valence-electron chi connectivity index (χ4n) is 3.56. The number of carbonyl (C=O) groups is 1. The molecule has 5 rings (SSSR count). The summed E-state index contributed by atoms with van der Waals surface area (Å²) < 4.78 is 3.14. The standard InChI is InChI=1S/C21H19N5OS/c1-13-4-3-5-19(23-13)21-17(15-6-7-18-20(8-15)28-12-22-18)11-26(24-21)16-9-25(10-16)14(2)27/h3-8,11-12,16H,9-10H2,1-2H3. The number of amides is 1.